The fourth-order valence-corrected chi connectivity index (χ4v) is 3.78. The van der Waals surface area contributed by atoms with Crippen LogP contribution in [0.2, 0.25) is 0 Å². The highest BCUT2D eigenvalue weighted by molar-refractivity contribution is 5.88. The summed E-state index contributed by atoms with van der Waals surface area (Å²) >= 11 is 0. The number of nitrogens with one attached hydrogen (secondary N) is 1. The van der Waals surface area contributed by atoms with Crippen LogP contribution in [0, 0.1) is 10.1 Å². The number of nitrogens with zero attached hydrogens (tertiary/aromatic N) is 1. The quantitative estimate of drug-likeness (QED) is 0.394. The van der Waals surface area contributed by atoms with Gasteiger partial charge in [-0.3, -0.25) is 14.9 Å². The summed E-state index contributed by atoms with van der Waals surface area (Å²) in [5.41, 5.74) is -0.561. The van der Waals surface area contributed by atoms with Gasteiger partial charge in [0, 0.05) is 4.92 Å². The Kier molecular flexibility index (Phi) is 7.22. The second-order valence-corrected chi connectivity index (χ2v) is 7.58. The molecule has 7 heteroatoms. The Bertz CT molecular complexity index is 1040. The van der Waals surface area contributed by atoms with Crippen molar-refractivity contribution in [2.24, 2.45) is 0 Å². The maximum Gasteiger partial charge on any atom is 0.258 e. The molecule has 3 atom stereocenters. The van der Waals surface area contributed by atoms with Crippen molar-refractivity contribution in [3.63, 3.8) is 0 Å². The fraction of sp³-hybridized carbons (Fsp3) is 0.240. The van der Waals surface area contributed by atoms with Crippen molar-refractivity contribution in [2.45, 2.75) is 24.5 Å². The number of carbonyl (C=O) groups excluding carboxylic acids is 1. The number of ether oxygens (including phenoxy) is 1. The summed E-state index contributed by atoms with van der Waals surface area (Å²) in [6.45, 7) is 1.18. The first-order valence-electron chi connectivity index (χ1n) is 10.3. The zero-order chi connectivity index (χ0) is 23.1. The van der Waals surface area contributed by atoms with E-state index in [0.29, 0.717) is 11.3 Å². The minimum Gasteiger partial charge on any atom is -0.497 e. The molecule has 0 aromatic heterocycles. The smallest absolute Gasteiger partial charge is 0.258 e. The van der Waals surface area contributed by atoms with Crippen molar-refractivity contribution in [2.75, 3.05) is 13.7 Å². The zero-order valence-corrected chi connectivity index (χ0v) is 18.0. The average Bonchev–Trinajstić information content (AvgIpc) is 2.83. The van der Waals surface area contributed by atoms with Crippen LogP contribution in [0.5, 0.6) is 5.75 Å². The predicted molar refractivity (Wildman–Crippen MR) is 121 cm³/mol. The van der Waals surface area contributed by atoms with E-state index in [4.69, 9.17) is 4.74 Å². The maximum atomic E-state index is 13.6. The Morgan fingerprint density at radius 2 is 1.56 bits per heavy atom. The highest BCUT2D eigenvalue weighted by Crippen LogP contribution is 2.38. The molecule has 0 saturated carbocycles. The SMILES string of the molecule is COc1ccc([C@@H](C)NC(=O)[C@@](O)(c2ccccc2)[C@@H](C[N+](=O)[O-])c2ccccc2)cc1. The van der Waals surface area contributed by atoms with Gasteiger partial charge in [-0.25, -0.2) is 0 Å². The molecule has 0 fully saturated rings. The molecular formula is C25H26N2O5. The second kappa shape index (κ2) is 10.1. The van der Waals surface area contributed by atoms with Crippen LogP contribution < -0.4 is 10.1 Å². The number of nitro groups is 1. The lowest BCUT2D eigenvalue weighted by Gasteiger charge is -2.34. The molecule has 0 bridgehead atoms. The third-order valence-corrected chi connectivity index (χ3v) is 5.56. The number of aliphatic hydroxyl groups is 1. The van der Waals surface area contributed by atoms with Crippen molar-refractivity contribution in [3.05, 3.63) is 112 Å². The summed E-state index contributed by atoms with van der Waals surface area (Å²) in [6.07, 6.45) is 0. The Balaban J connectivity index is 2.02. The first-order valence-corrected chi connectivity index (χ1v) is 10.3. The number of methoxy groups -OCH3 is 1. The standard InChI is InChI=1S/C25H26N2O5/c1-18(19-13-15-22(32-2)16-14-19)26-24(28)25(29,21-11-7-4-8-12-21)23(17-27(30)31)20-9-5-3-6-10-20/h3-16,18,23,29H,17H2,1-2H3,(H,26,28)/t18-,23+,25-/m1/s1. The van der Waals surface area contributed by atoms with Crippen molar-refractivity contribution < 1.29 is 19.6 Å². The van der Waals surface area contributed by atoms with Gasteiger partial charge in [0.25, 0.3) is 5.91 Å². The van der Waals surface area contributed by atoms with E-state index < -0.39 is 34.9 Å². The molecule has 0 radical (unpaired) electrons. The van der Waals surface area contributed by atoms with Gasteiger partial charge in [0.05, 0.1) is 19.1 Å². The first-order chi connectivity index (χ1) is 15.4. The van der Waals surface area contributed by atoms with Gasteiger partial charge in [-0.2, -0.15) is 0 Å². The molecular weight excluding hydrogens is 408 g/mol. The Hall–Kier alpha value is -3.71. The molecule has 0 saturated heterocycles. The van der Waals surface area contributed by atoms with Crippen molar-refractivity contribution >= 4 is 5.91 Å². The van der Waals surface area contributed by atoms with E-state index in [1.54, 1.807) is 86.8 Å². The van der Waals surface area contributed by atoms with Crippen molar-refractivity contribution in [1.29, 1.82) is 0 Å². The Labute approximate surface area is 186 Å². The van der Waals surface area contributed by atoms with Crippen LogP contribution in [0.4, 0.5) is 0 Å². The Morgan fingerprint density at radius 3 is 2.09 bits per heavy atom. The van der Waals surface area contributed by atoms with Gasteiger partial charge in [-0.15, -0.1) is 0 Å². The first kappa shape index (κ1) is 23.0. The minimum absolute atomic E-state index is 0.287. The van der Waals surface area contributed by atoms with Crippen LogP contribution in [0.15, 0.2) is 84.9 Å². The molecule has 0 unspecified atom stereocenters. The van der Waals surface area contributed by atoms with Gasteiger partial charge in [-0.05, 0) is 35.7 Å². The minimum atomic E-state index is -2.16. The maximum absolute atomic E-state index is 13.6. The highest BCUT2D eigenvalue weighted by Gasteiger charge is 2.49. The van der Waals surface area contributed by atoms with Gasteiger partial charge in [0.1, 0.15) is 5.75 Å². The van der Waals surface area contributed by atoms with E-state index in [2.05, 4.69) is 5.32 Å². The molecule has 166 valence electrons. The van der Waals surface area contributed by atoms with Crippen molar-refractivity contribution in [1.82, 2.24) is 5.32 Å². The van der Waals surface area contributed by atoms with Crippen LogP contribution in [0.3, 0.4) is 0 Å². The van der Waals surface area contributed by atoms with Gasteiger partial charge in [0.2, 0.25) is 6.54 Å². The molecule has 3 rings (SSSR count). The number of hydrogen-bond acceptors (Lipinski definition) is 5. The molecule has 3 aromatic carbocycles. The summed E-state index contributed by atoms with van der Waals surface area (Å²) < 4.78 is 5.17. The monoisotopic (exact) mass is 434 g/mol. The lowest BCUT2D eigenvalue weighted by molar-refractivity contribution is -0.487. The molecule has 1 amide bonds. The van der Waals surface area contributed by atoms with Gasteiger partial charge >= 0.3 is 0 Å². The van der Waals surface area contributed by atoms with Crippen LogP contribution in [0.1, 0.15) is 35.6 Å². The number of carbonyl (C=O) groups is 1. The van der Waals surface area contributed by atoms with E-state index in [-0.39, 0.29) is 5.56 Å². The molecule has 0 aliphatic carbocycles. The summed E-state index contributed by atoms with van der Waals surface area (Å²) in [6, 6.07) is 23.7. The molecule has 0 spiro atoms. The molecule has 0 aliphatic rings. The zero-order valence-electron chi connectivity index (χ0n) is 18.0. The third-order valence-electron chi connectivity index (χ3n) is 5.56. The van der Waals surface area contributed by atoms with E-state index in [1.807, 2.05) is 12.1 Å². The lowest BCUT2D eigenvalue weighted by Crippen LogP contribution is -2.51. The normalized spacial score (nSPS) is 14.6. The Morgan fingerprint density at radius 1 is 1.00 bits per heavy atom. The van der Waals surface area contributed by atoms with Crippen LogP contribution in [-0.2, 0) is 10.4 Å². The largest absolute Gasteiger partial charge is 0.497 e. The molecule has 3 aromatic rings. The second-order valence-electron chi connectivity index (χ2n) is 7.58. The molecule has 0 heterocycles. The lowest BCUT2D eigenvalue weighted by atomic mass is 9.76. The van der Waals surface area contributed by atoms with E-state index >= 15 is 0 Å². The summed E-state index contributed by atoms with van der Waals surface area (Å²) in [5.74, 6) is -1.12. The van der Waals surface area contributed by atoms with E-state index in [0.717, 1.165) is 5.56 Å². The highest BCUT2D eigenvalue weighted by atomic mass is 16.6. The molecule has 0 aliphatic heterocycles. The average molecular weight is 434 g/mol. The summed E-state index contributed by atoms with van der Waals surface area (Å²) in [5, 5.41) is 26.2. The molecule has 32 heavy (non-hydrogen) atoms. The van der Waals surface area contributed by atoms with Gasteiger partial charge < -0.3 is 15.2 Å². The molecule has 2 N–H and O–H groups in total. The van der Waals surface area contributed by atoms with E-state index in [1.165, 1.54) is 0 Å². The van der Waals surface area contributed by atoms with Crippen LogP contribution >= 0.6 is 0 Å². The van der Waals surface area contributed by atoms with Crippen LogP contribution in [0.25, 0.3) is 0 Å². The topological polar surface area (TPSA) is 102 Å². The summed E-state index contributed by atoms with van der Waals surface area (Å²) in [4.78, 5) is 24.6. The number of rotatable bonds is 9. The number of amides is 1. The van der Waals surface area contributed by atoms with Gasteiger partial charge in [0.15, 0.2) is 5.60 Å². The van der Waals surface area contributed by atoms with Gasteiger partial charge in [-0.1, -0.05) is 72.8 Å². The van der Waals surface area contributed by atoms with Crippen LogP contribution in [-0.4, -0.2) is 29.6 Å². The fourth-order valence-electron chi connectivity index (χ4n) is 3.78. The molecule has 7 nitrogen and oxygen atoms in total. The van der Waals surface area contributed by atoms with Crippen molar-refractivity contribution in [3.8, 4) is 5.75 Å². The predicted octanol–water partition coefficient (Wildman–Crippen LogP) is 3.82. The third kappa shape index (κ3) is 4.95. The number of benzene rings is 3. The number of hydrogen-bond donors (Lipinski definition) is 2. The summed E-state index contributed by atoms with van der Waals surface area (Å²) in [7, 11) is 1.57. The van der Waals surface area contributed by atoms with E-state index in [9.17, 15) is 20.0 Å².